The van der Waals surface area contributed by atoms with Crippen LogP contribution >= 0.6 is 0 Å². The van der Waals surface area contributed by atoms with Crippen molar-refractivity contribution in [3.63, 3.8) is 0 Å². The molecule has 2 heterocycles. The van der Waals surface area contributed by atoms with E-state index in [9.17, 15) is 0 Å². The third-order valence-corrected chi connectivity index (χ3v) is 2.93. The van der Waals surface area contributed by atoms with Gasteiger partial charge in [0.2, 0.25) is 0 Å². The van der Waals surface area contributed by atoms with E-state index < -0.39 is 0 Å². The van der Waals surface area contributed by atoms with Crippen LogP contribution in [0.1, 0.15) is 5.56 Å². The van der Waals surface area contributed by atoms with Gasteiger partial charge in [-0.05, 0) is 13.1 Å². The van der Waals surface area contributed by atoms with Crippen molar-refractivity contribution in [3.8, 4) is 17.0 Å². The van der Waals surface area contributed by atoms with Crippen LogP contribution in [0.2, 0.25) is 0 Å². The molecule has 2 aromatic heterocycles. The van der Waals surface area contributed by atoms with Gasteiger partial charge in [0, 0.05) is 43.8 Å². The maximum Gasteiger partial charge on any atom is 0.131 e. The average molecular weight is 261 g/mol. The quantitative estimate of drug-likeness (QED) is 0.806. The Kier molecular flexibility index (Phi) is 4.48. The standard InChI is InChI=1S/C13H19N5O/c1-18(6-4-14)9-10-7-16-17-13(10)11-8-15-5-3-12(11)19-2/h3,5,7-8H,4,6,9,14H2,1-2H3,(H,16,17). The van der Waals surface area contributed by atoms with Crippen LogP contribution < -0.4 is 10.5 Å². The van der Waals surface area contributed by atoms with Gasteiger partial charge in [0.25, 0.3) is 0 Å². The van der Waals surface area contributed by atoms with Crippen molar-refractivity contribution in [2.24, 2.45) is 5.73 Å². The third-order valence-electron chi connectivity index (χ3n) is 2.93. The molecule has 0 aliphatic rings. The summed E-state index contributed by atoms with van der Waals surface area (Å²) in [4.78, 5) is 6.29. The number of hydrogen-bond donors (Lipinski definition) is 2. The SMILES string of the molecule is COc1ccncc1-c1n[nH]cc1CN(C)CCN. The van der Waals surface area contributed by atoms with E-state index in [2.05, 4.69) is 20.1 Å². The van der Waals surface area contributed by atoms with Crippen LogP contribution in [0, 0.1) is 0 Å². The lowest BCUT2D eigenvalue weighted by Crippen LogP contribution is -2.25. The van der Waals surface area contributed by atoms with E-state index >= 15 is 0 Å². The first-order valence-corrected chi connectivity index (χ1v) is 6.16. The molecule has 0 bridgehead atoms. The number of aromatic amines is 1. The minimum absolute atomic E-state index is 0.639. The smallest absolute Gasteiger partial charge is 0.131 e. The van der Waals surface area contributed by atoms with Crippen LogP contribution in [0.3, 0.4) is 0 Å². The number of nitrogens with zero attached hydrogens (tertiary/aromatic N) is 3. The molecule has 3 N–H and O–H groups in total. The molecule has 0 aliphatic carbocycles. The fraction of sp³-hybridized carbons (Fsp3) is 0.385. The van der Waals surface area contributed by atoms with Crippen LogP contribution in [0.15, 0.2) is 24.7 Å². The second-order valence-corrected chi connectivity index (χ2v) is 4.36. The lowest BCUT2D eigenvalue weighted by molar-refractivity contribution is 0.336. The number of ether oxygens (including phenoxy) is 1. The van der Waals surface area contributed by atoms with Crippen molar-refractivity contribution in [2.45, 2.75) is 6.54 Å². The van der Waals surface area contributed by atoms with Crippen molar-refractivity contribution in [1.29, 1.82) is 0 Å². The fourth-order valence-corrected chi connectivity index (χ4v) is 2.00. The molecule has 0 amide bonds. The van der Waals surface area contributed by atoms with Crippen LogP contribution in [-0.4, -0.2) is 47.3 Å². The Morgan fingerprint density at radius 3 is 3.05 bits per heavy atom. The van der Waals surface area contributed by atoms with Gasteiger partial charge >= 0.3 is 0 Å². The first kappa shape index (κ1) is 13.5. The van der Waals surface area contributed by atoms with Crippen LogP contribution in [-0.2, 0) is 6.54 Å². The summed E-state index contributed by atoms with van der Waals surface area (Å²) >= 11 is 0. The van der Waals surface area contributed by atoms with E-state index in [1.807, 2.05) is 19.3 Å². The summed E-state index contributed by atoms with van der Waals surface area (Å²) in [6.07, 6.45) is 5.37. The molecule has 0 aliphatic heterocycles. The number of methoxy groups -OCH3 is 1. The molecular weight excluding hydrogens is 242 g/mol. The molecule has 0 radical (unpaired) electrons. The van der Waals surface area contributed by atoms with E-state index in [4.69, 9.17) is 10.5 Å². The van der Waals surface area contributed by atoms with Crippen molar-refractivity contribution in [1.82, 2.24) is 20.1 Å². The molecule has 6 heteroatoms. The Labute approximate surface area is 112 Å². The molecule has 0 fully saturated rings. The zero-order chi connectivity index (χ0) is 13.7. The minimum atomic E-state index is 0.639. The summed E-state index contributed by atoms with van der Waals surface area (Å²) in [5, 5.41) is 7.21. The summed E-state index contributed by atoms with van der Waals surface area (Å²) < 4.78 is 5.35. The third kappa shape index (κ3) is 3.10. The molecule has 0 saturated carbocycles. The zero-order valence-electron chi connectivity index (χ0n) is 11.3. The van der Waals surface area contributed by atoms with Gasteiger partial charge in [-0.2, -0.15) is 5.10 Å². The number of rotatable bonds is 6. The second kappa shape index (κ2) is 6.31. The molecule has 2 aromatic rings. The Balaban J connectivity index is 2.28. The number of pyridine rings is 1. The molecule has 19 heavy (non-hydrogen) atoms. The number of nitrogens with one attached hydrogen (secondary N) is 1. The maximum absolute atomic E-state index is 5.56. The van der Waals surface area contributed by atoms with E-state index in [0.717, 1.165) is 35.7 Å². The summed E-state index contributed by atoms with van der Waals surface area (Å²) in [6.45, 7) is 2.26. The van der Waals surface area contributed by atoms with Gasteiger partial charge in [-0.25, -0.2) is 0 Å². The lowest BCUT2D eigenvalue weighted by Gasteiger charge is -2.15. The van der Waals surface area contributed by atoms with Gasteiger partial charge in [0.05, 0.1) is 12.7 Å². The molecule has 102 valence electrons. The Hall–Kier alpha value is -1.92. The van der Waals surface area contributed by atoms with Gasteiger partial charge in [-0.15, -0.1) is 0 Å². The molecule has 0 atom stereocenters. The van der Waals surface area contributed by atoms with Gasteiger partial charge in [0.1, 0.15) is 11.4 Å². The normalized spacial score (nSPS) is 10.9. The number of nitrogens with two attached hydrogens (primary N) is 1. The molecule has 0 aromatic carbocycles. The predicted octanol–water partition coefficient (Wildman–Crippen LogP) is 0.871. The van der Waals surface area contributed by atoms with Gasteiger partial charge in [0.15, 0.2) is 0 Å². The van der Waals surface area contributed by atoms with Crippen LogP contribution in [0.4, 0.5) is 0 Å². The lowest BCUT2D eigenvalue weighted by atomic mass is 10.1. The Morgan fingerprint density at radius 2 is 2.32 bits per heavy atom. The summed E-state index contributed by atoms with van der Waals surface area (Å²) in [7, 11) is 3.68. The number of aromatic nitrogens is 3. The van der Waals surface area contributed by atoms with E-state index in [1.165, 1.54) is 0 Å². The maximum atomic E-state index is 5.56. The van der Waals surface area contributed by atoms with Gasteiger partial charge in [-0.1, -0.05) is 0 Å². The van der Waals surface area contributed by atoms with Gasteiger partial charge in [-0.3, -0.25) is 10.1 Å². The first-order valence-electron chi connectivity index (χ1n) is 6.16. The highest BCUT2D eigenvalue weighted by atomic mass is 16.5. The van der Waals surface area contributed by atoms with E-state index in [-0.39, 0.29) is 0 Å². The predicted molar refractivity (Wildman–Crippen MR) is 73.8 cm³/mol. The second-order valence-electron chi connectivity index (χ2n) is 4.36. The average Bonchev–Trinajstić information content (AvgIpc) is 2.86. The molecule has 0 spiro atoms. The highest BCUT2D eigenvalue weighted by Crippen LogP contribution is 2.29. The fourth-order valence-electron chi connectivity index (χ4n) is 2.00. The number of hydrogen-bond acceptors (Lipinski definition) is 5. The summed E-state index contributed by atoms with van der Waals surface area (Å²) in [5.41, 5.74) is 8.42. The number of H-pyrrole nitrogens is 1. The highest BCUT2D eigenvalue weighted by molar-refractivity contribution is 5.68. The summed E-state index contributed by atoms with van der Waals surface area (Å²) in [6, 6.07) is 1.83. The molecular formula is C13H19N5O. The largest absolute Gasteiger partial charge is 0.496 e. The topological polar surface area (TPSA) is 80.1 Å². The molecule has 2 rings (SSSR count). The van der Waals surface area contributed by atoms with Crippen molar-refractivity contribution in [3.05, 3.63) is 30.2 Å². The van der Waals surface area contributed by atoms with E-state index in [1.54, 1.807) is 19.5 Å². The monoisotopic (exact) mass is 261 g/mol. The van der Waals surface area contributed by atoms with Crippen molar-refractivity contribution < 1.29 is 4.74 Å². The highest BCUT2D eigenvalue weighted by Gasteiger charge is 2.14. The number of likely N-dealkylation sites (N-methyl/N-ethyl adjacent to an activating group) is 1. The van der Waals surface area contributed by atoms with E-state index in [0.29, 0.717) is 6.54 Å². The van der Waals surface area contributed by atoms with Crippen LogP contribution in [0.25, 0.3) is 11.3 Å². The molecule has 6 nitrogen and oxygen atoms in total. The molecule has 0 unspecified atom stereocenters. The Bertz CT molecular complexity index is 525. The van der Waals surface area contributed by atoms with Crippen molar-refractivity contribution in [2.75, 3.05) is 27.2 Å². The Morgan fingerprint density at radius 1 is 1.47 bits per heavy atom. The van der Waals surface area contributed by atoms with Crippen LogP contribution in [0.5, 0.6) is 5.75 Å². The summed E-state index contributed by atoms with van der Waals surface area (Å²) in [5.74, 6) is 0.768. The zero-order valence-corrected chi connectivity index (χ0v) is 11.3. The molecule has 0 saturated heterocycles. The minimum Gasteiger partial charge on any atom is -0.496 e. The van der Waals surface area contributed by atoms with Gasteiger partial charge < -0.3 is 15.4 Å². The first-order chi connectivity index (χ1) is 9.26. The van der Waals surface area contributed by atoms with Crippen molar-refractivity contribution >= 4 is 0 Å².